The number of anilines is 1. The third kappa shape index (κ3) is 4.89. The number of amides is 1. The average Bonchev–Trinajstić information content (AvgIpc) is 2.47. The molecular formula is C15H25N3O. The van der Waals surface area contributed by atoms with Gasteiger partial charge in [-0.05, 0) is 25.0 Å². The molecule has 0 saturated heterocycles. The highest BCUT2D eigenvalue weighted by Gasteiger charge is 2.14. The van der Waals surface area contributed by atoms with Crippen LogP contribution < -0.4 is 5.32 Å². The molecule has 0 saturated carbocycles. The van der Waals surface area contributed by atoms with E-state index in [0.29, 0.717) is 5.56 Å². The van der Waals surface area contributed by atoms with E-state index in [1.54, 1.807) is 6.20 Å². The van der Waals surface area contributed by atoms with E-state index in [4.69, 9.17) is 0 Å². The average molecular weight is 263 g/mol. The minimum atomic E-state index is 0.0945. The van der Waals surface area contributed by atoms with E-state index in [0.717, 1.165) is 44.6 Å². The summed E-state index contributed by atoms with van der Waals surface area (Å²) in [4.78, 5) is 18.6. The van der Waals surface area contributed by atoms with Crippen LogP contribution in [-0.4, -0.2) is 35.9 Å². The lowest BCUT2D eigenvalue weighted by molar-refractivity contribution is 0.0750. The lowest BCUT2D eigenvalue weighted by Gasteiger charge is -2.22. The minimum Gasteiger partial charge on any atom is -0.373 e. The zero-order valence-electron chi connectivity index (χ0n) is 12.3. The Morgan fingerprint density at radius 3 is 2.26 bits per heavy atom. The molecule has 4 nitrogen and oxygen atoms in total. The van der Waals surface area contributed by atoms with Gasteiger partial charge in [-0.25, -0.2) is 4.98 Å². The minimum absolute atomic E-state index is 0.0945. The zero-order chi connectivity index (χ0) is 14.1. The fraction of sp³-hybridized carbons (Fsp3) is 0.600. The van der Waals surface area contributed by atoms with Gasteiger partial charge in [-0.15, -0.1) is 0 Å². The third-order valence-electron chi connectivity index (χ3n) is 3.12. The highest BCUT2D eigenvalue weighted by atomic mass is 16.2. The van der Waals surface area contributed by atoms with Crippen molar-refractivity contribution >= 4 is 11.7 Å². The van der Waals surface area contributed by atoms with Crippen molar-refractivity contribution in [3.8, 4) is 0 Å². The summed E-state index contributed by atoms with van der Waals surface area (Å²) in [6.07, 6.45) is 5.97. The van der Waals surface area contributed by atoms with E-state index in [-0.39, 0.29) is 5.91 Å². The maximum absolute atomic E-state index is 12.4. The molecule has 1 heterocycles. The van der Waals surface area contributed by atoms with Crippen molar-refractivity contribution < 1.29 is 4.79 Å². The first kappa shape index (κ1) is 15.5. The van der Waals surface area contributed by atoms with Gasteiger partial charge in [0, 0.05) is 26.3 Å². The monoisotopic (exact) mass is 263 g/mol. The summed E-state index contributed by atoms with van der Waals surface area (Å²) in [6, 6.07) is 3.68. The molecule has 19 heavy (non-hydrogen) atoms. The molecule has 1 rings (SSSR count). The molecule has 4 heteroatoms. The van der Waals surface area contributed by atoms with Gasteiger partial charge in [0.1, 0.15) is 5.82 Å². The number of unbranched alkanes of at least 4 members (excludes halogenated alkanes) is 2. The normalized spacial score (nSPS) is 10.3. The van der Waals surface area contributed by atoms with E-state index >= 15 is 0 Å². The van der Waals surface area contributed by atoms with Crippen LogP contribution in [0, 0.1) is 0 Å². The standard InChI is InChI=1S/C15H25N3O/c1-4-6-10-18(11-7-5-2)15(19)13-8-9-14(16-3)17-12-13/h8-9,12H,4-7,10-11H2,1-3H3,(H,16,17). The molecule has 0 aliphatic heterocycles. The van der Waals surface area contributed by atoms with Crippen molar-refractivity contribution in [3.05, 3.63) is 23.9 Å². The number of nitrogens with zero attached hydrogens (tertiary/aromatic N) is 2. The number of aromatic nitrogens is 1. The Morgan fingerprint density at radius 2 is 1.84 bits per heavy atom. The van der Waals surface area contributed by atoms with Gasteiger partial charge < -0.3 is 10.2 Å². The first-order valence-electron chi connectivity index (χ1n) is 7.16. The SMILES string of the molecule is CCCCN(CCCC)C(=O)c1ccc(NC)nc1. The summed E-state index contributed by atoms with van der Waals surface area (Å²) in [7, 11) is 1.82. The Bertz CT molecular complexity index is 367. The van der Waals surface area contributed by atoms with Crippen molar-refractivity contribution in [1.82, 2.24) is 9.88 Å². The second kappa shape index (κ2) is 8.51. The number of hydrogen-bond acceptors (Lipinski definition) is 3. The van der Waals surface area contributed by atoms with E-state index in [1.807, 2.05) is 24.1 Å². The molecule has 0 aliphatic carbocycles. The van der Waals surface area contributed by atoms with Gasteiger partial charge >= 0.3 is 0 Å². The summed E-state index contributed by atoms with van der Waals surface area (Å²) in [5.74, 6) is 0.877. The van der Waals surface area contributed by atoms with E-state index in [2.05, 4.69) is 24.1 Å². The lowest BCUT2D eigenvalue weighted by Crippen LogP contribution is -2.33. The van der Waals surface area contributed by atoms with Crippen LogP contribution in [0.25, 0.3) is 0 Å². The number of pyridine rings is 1. The van der Waals surface area contributed by atoms with Crippen LogP contribution in [0.4, 0.5) is 5.82 Å². The Kier molecular flexibility index (Phi) is 6.93. The lowest BCUT2D eigenvalue weighted by atomic mass is 10.2. The first-order valence-corrected chi connectivity index (χ1v) is 7.16. The van der Waals surface area contributed by atoms with Crippen LogP contribution >= 0.6 is 0 Å². The van der Waals surface area contributed by atoms with Gasteiger partial charge in [0.2, 0.25) is 0 Å². The maximum Gasteiger partial charge on any atom is 0.255 e. The van der Waals surface area contributed by atoms with Gasteiger partial charge in [-0.1, -0.05) is 26.7 Å². The molecule has 0 unspecified atom stereocenters. The number of carbonyl (C=O) groups excluding carboxylic acids is 1. The molecule has 106 valence electrons. The molecule has 0 bridgehead atoms. The highest BCUT2D eigenvalue weighted by Crippen LogP contribution is 2.09. The second-order valence-electron chi connectivity index (χ2n) is 4.68. The number of carbonyl (C=O) groups is 1. The third-order valence-corrected chi connectivity index (χ3v) is 3.12. The van der Waals surface area contributed by atoms with Crippen molar-refractivity contribution in [1.29, 1.82) is 0 Å². The highest BCUT2D eigenvalue weighted by molar-refractivity contribution is 5.94. The Balaban J connectivity index is 2.72. The zero-order valence-corrected chi connectivity index (χ0v) is 12.3. The topological polar surface area (TPSA) is 45.2 Å². The quantitative estimate of drug-likeness (QED) is 0.783. The molecule has 0 radical (unpaired) electrons. The Hall–Kier alpha value is -1.58. The maximum atomic E-state index is 12.4. The second-order valence-corrected chi connectivity index (χ2v) is 4.68. The van der Waals surface area contributed by atoms with Gasteiger partial charge in [-0.3, -0.25) is 4.79 Å². The summed E-state index contributed by atoms with van der Waals surface area (Å²) >= 11 is 0. The van der Waals surface area contributed by atoms with Gasteiger partial charge in [0.25, 0.3) is 5.91 Å². The predicted octanol–water partition coefficient (Wildman–Crippen LogP) is 3.17. The van der Waals surface area contributed by atoms with E-state index < -0.39 is 0 Å². The molecular weight excluding hydrogens is 238 g/mol. The summed E-state index contributed by atoms with van der Waals surface area (Å²) in [6.45, 7) is 5.96. The fourth-order valence-electron chi connectivity index (χ4n) is 1.86. The predicted molar refractivity (Wildman–Crippen MR) is 79.5 cm³/mol. The summed E-state index contributed by atoms with van der Waals surface area (Å²) in [5, 5.41) is 2.95. The van der Waals surface area contributed by atoms with Crippen molar-refractivity contribution in [3.63, 3.8) is 0 Å². The van der Waals surface area contributed by atoms with Crippen molar-refractivity contribution in [2.45, 2.75) is 39.5 Å². The molecule has 1 N–H and O–H groups in total. The molecule has 0 atom stereocenters. The van der Waals surface area contributed by atoms with Crippen molar-refractivity contribution in [2.24, 2.45) is 0 Å². The molecule has 0 aliphatic rings. The van der Waals surface area contributed by atoms with Gasteiger partial charge in [-0.2, -0.15) is 0 Å². The number of hydrogen-bond donors (Lipinski definition) is 1. The molecule has 0 spiro atoms. The first-order chi connectivity index (χ1) is 9.22. The van der Waals surface area contributed by atoms with Crippen LogP contribution in [0.1, 0.15) is 49.9 Å². The van der Waals surface area contributed by atoms with Crippen LogP contribution in [0.5, 0.6) is 0 Å². The smallest absolute Gasteiger partial charge is 0.255 e. The molecule has 0 aromatic carbocycles. The number of nitrogens with one attached hydrogen (secondary N) is 1. The van der Waals surface area contributed by atoms with Crippen LogP contribution in [-0.2, 0) is 0 Å². The van der Waals surface area contributed by atoms with E-state index in [9.17, 15) is 4.79 Å². The molecule has 0 fully saturated rings. The van der Waals surface area contributed by atoms with Gasteiger partial charge in [0.05, 0.1) is 5.56 Å². The van der Waals surface area contributed by atoms with Crippen LogP contribution in [0.15, 0.2) is 18.3 Å². The summed E-state index contributed by atoms with van der Waals surface area (Å²) in [5.41, 5.74) is 0.672. The Labute approximate surface area is 116 Å². The largest absolute Gasteiger partial charge is 0.373 e. The van der Waals surface area contributed by atoms with E-state index in [1.165, 1.54) is 0 Å². The number of rotatable bonds is 8. The molecule has 1 aromatic heterocycles. The van der Waals surface area contributed by atoms with Crippen molar-refractivity contribution in [2.75, 3.05) is 25.5 Å². The van der Waals surface area contributed by atoms with Crippen LogP contribution in [0.2, 0.25) is 0 Å². The summed E-state index contributed by atoms with van der Waals surface area (Å²) < 4.78 is 0. The fourth-order valence-corrected chi connectivity index (χ4v) is 1.86. The Morgan fingerprint density at radius 1 is 1.21 bits per heavy atom. The van der Waals surface area contributed by atoms with Gasteiger partial charge in [0.15, 0.2) is 0 Å². The molecule has 1 aromatic rings. The molecule has 1 amide bonds. The van der Waals surface area contributed by atoms with Crippen LogP contribution in [0.3, 0.4) is 0 Å².